The highest BCUT2D eigenvalue weighted by atomic mass is 16.3. The van der Waals surface area contributed by atoms with Crippen molar-refractivity contribution in [3.8, 4) is 5.75 Å². The van der Waals surface area contributed by atoms with Gasteiger partial charge in [0, 0.05) is 16.7 Å². The summed E-state index contributed by atoms with van der Waals surface area (Å²) in [4.78, 5) is 12.7. The van der Waals surface area contributed by atoms with Gasteiger partial charge in [0.1, 0.15) is 5.75 Å². The molecule has 4 bridgehead atoms. The molecule has 6 nitrogen and oxygen atoms in total. The van der Waals surface area contributed by atoms with Crippen LogP contribution < -0.4 is 5.43 Å². The van der Waals surface area contributed by atoms with Crippen LogP contribution in [0.1, 0.15) is 60.3 Å². The molecular formula is C25H26N4O2. The average molecular weight is 415 g/mol. The summed E-state index contributed by atoms with van der Waals surface area (Å²) < 4.78 is 0. The van der Waals surface area contributed by atoms with Crippen LogP contribution in [0.3, 0.4) is 0 Å². The Labute approximate surface area is 180 Å². The van der Waals surface area contributed by atoms with Crippen LogP contribution in [0, 0.1) is 17.8 Å². The van der Waals surface area contributed by atoms with Crippen LogP contribution in [0.15, 0.2) is 47.6 Å². The third-order valence-electron chi connectivity index (χ3n) is 7.73. The van der Waals surface area contributed by atoms with Gasteiger partial charge in [-0.2, -0.15) is 10.2 Å². The summed E-state index contributed by atoms with van der Waals surface area (Å²) in [5, 5.41) is 23.7. The smallest absolute Gasteiger partial charge is 0.291 e. The van der Waals surface area contributed by atoms with Gasteiger partial charge in [-0.1, -0.05) is 30.3 Å². The van der Waals surface area contributed by atoms with Gasteiger partial charge < -0.3 is 5.11 Å². The molecule has 31 heavy (non-hydrogen) atoms. The molecule has 6 heteroatoms. The van der Waals surface area contributed by atoms with Crippen molar-refractivity contribution < 1.29 is 9.90 Å². The van der Waals surface area contributed by atoms with Crippen LogP contribution in [-0.2, 0) is 5.41 Å². The average Bonchev–Trinajstić information content (AvgIpc) is 3.26. The molecule has 0 spiro atoms. The summed E-state index contributed by atoms with van der Waals surface area (Å²) in [5.41, 5.74) is 4.80. The molecule has 1 aromatic heterocycles. The number of nitrogens with zero attached hydrogens (tertiary/aromatic N) is 2. The second-order valence-corrected chi connectivity index (χ2v) is 9.78. The number of aromatic hydroxyl groups is 1. The van der Waals surface area contributed by atoms with Gasteiger partial charge in [-0.25, -0.2) is 5.43 Å². The second-order valence-electron chi connectivity index (χ2n) is 9.78. The maximum absolute atomic E-state index is 12.7. The Morgan fingerprint density at radius 1 is 1.10 bits per heavy atom. The molecule has 0 atom stereocenters. The van der Waals surface area contributed by atoms with Crippen LogP contribution in [0.25, 0.3) is 10.8 Å². The van der Waals surface area contributed by atoms with Gasteiger partial charge in [0.25, 0.3) is 5.91 Å². The summed E-state index contributed by atoms with van der Waals surface area (Å²) in [6, 6.07) is 13.2. The third-order valence-corrected chi connectivity index (χ3v) is 7.73. The summed E-state index contributed by atoms with van der Waals surface area (Å²) in [7, 11) is 0. The van der Waals surface area contributed by atoms with E-state index < -0.39 is 0 Å². The monoisotopic (exact) mass is 414 g/mol. The molecule has 4 saturated carbocycles. The van der Waals surface area contributed by atoms with E-state index in [1.54, 1.807) is 6.07 Å². The maximum Gasteiger partial charge on any atom is 0.291 e. The SMILES string of the molecule is O=C(N/N=C\c1c(O)ccc2ccccc12)c1cc(C23CC4CC(CC(C4)C2)C3)[nH]n1. The number of hydrazone groups is 1. The van der Waals surface area contributed by atoms with E-state index >= 15 is 0 Å². The molecule has 4 fully saturated rings. The van der Waals surface area contributed by atoms with E-state index in [0.29, 0.717) is 11.3 Å². The molecular weight excluding hydrogens is 388 g/mol. The summed E-state index contributed by atoms with van der Waals surface area (Å²) in [6.45, 7) is 0. The largest absolute Gasteiger partial charge is 0.507 e. The minimum Gasteiger partial charge on any atom is -0.507 e. The van der Waals surface area contributed by atoms with E-state index in [-0.39, 0.29) is 17.1 Å². The number of hydrogen-bond acceptors (Lipinski definition) is 4. The van der Waals surface area contributed by atoms with E-state index in [9.17, 15) is 9.90 Å². The zero-order valence-electron chi connectivity index (χ0n) is 17.3. The molecule has 7 rings (SSSR count). The highest BCUT2D eigenvalue weighted by molar-refractivity contribution is 6.03. The second kappa shape index (κ2) is 6.94. The minimum absolute atomic E-state index is 0.126. The van der Waals surface area contributed by atoms with Crippen molar-refractivity contribution in [3.05, 3.63) is 59.4 Å². The normalized spacial score (nSPS) is 29.1. The Morgan fingerprint density at radius 3 is 2.55 bits per heavy atom. The molecule has 4 aliphatic rings. The number of hydrogen-bond donors (Lipinski definition) is 3. The lowest BCUT2D eigenvalue weighted by Gasteiger charge is -2.56. The number of carbonyl (C=O) groups excluding carboxylic acids is 1. The predicted octanol–water partition coefficient (Wildman–Crippen LogP) is 4.50. The Kier molecular flexibility index (Phi) is 4.16. The van der Waals surface area contributed by atoms with Crippen molar-refractivity contribution in [2.24, 2.45) is 22.9 Å². The maximum atomic E-state index is 12.7. The number of benzene rings is 2. The first-order chi connectivity index (χ1) is 15.1. The Balaban J connectivity index is 1.20. The zero-order valence-corrected chi connectivity index (χ0v) is 17.3. The number of phenols is 1. The summed E-state index contributed by atoms with van der Waals surface area (Å²) >= 11 is 0. The van der Waals surface area contributed by atoms with Crippen LogP contribution >= 0.6 is 0 Å². The number of rotatable bonds is 4. The number of phenolic OH excluding ortho intramolecular Hbond substituents is 1. The van der Waals surface area contributed by atoms with Crippen molar-refractivity contribution in [2.75, 3.05) is 0 Å². The van der Waals surface area contributed by atoms with E-state index in [2.05, 4.69) is 20.7 Å². The van der Waals surface area contributed by atoms with E-state index in [0.717, 1.165) is 34.2 Å². The number of aromatic nitrogens is 2. The molecule has 0 radical (unpaired) electrons. The number of carbonyl (C=O) groups is 1. The van der Waals surface area contributed by atoms with Crippen LogP contribution in [0.2, 0.25) is 0 Å². The lowest BCUT2D eigenvalue weighted by molar-refractivity contribution is -0.00721. The fourth-order valence-corrected chi connectivity index (χ4v) is 6.78. The summed E-state index contributed by atoms with van der Waals surface area (Å²) in [6.07, 6.45) is 9.31. The number of H-pyrrole nitrogens is 1. The number of aromatic amines is 1. The van der Waals surface area contributed by atoms with Crippen molar-refractivity contribution in [2.45, 2.75) is 43.9 Å². The molecule has 1 amide bonds. The van der Waals surface area contributed by atoms with Gasteiger partial charge in [0.15, 0.2) is 5.69 Å². The Morgan fingerprint density at radius 2 is 1.81 bits per heavy atom. The Hall–Kier alpha value is -3.15. The lowest BCUT2D eigenvalue weighted by Crippen LogP contribution is -2.48. The molecule has 0 aliphatic heterocycles. The van der Waals surface area contributed by atoms with Crippen LogP contribution in [0.4, 0.5) is 0 Å². The van der Waals surface area contributed by atoms with Crippen molar-refractivity contribution in [3.63, 3.8) is 0 Å². The van der Waals surface area contributed by atoms with E-state index in [4.69, 9.17) is 0 Å². The fourth-order valence-electron chi connectivity index (χ4n) is 6.78. The molecule has 4 aliphatic carbocycles. The predicted molar refractivity (Wildman–Crippen MR) is 119 cm³/mol. The molecule has 3 N–H and O–H groups in total. The van der Waals surface area contributed by atoms with Crippen molar-refractivity contribution >= 4 is 22.9 Å². The number of amides is 1. The molecule has 158 valence electrons. The minimum atomic E-state index is -0.344. The highest BCUT2D eigenvalue weighted by Crippen LogP contribution is 2.60. The standard InChI is InChI=1S/C25H26N4O2/c30-22-6-5-18-3-1-2-4-19(18)20(22)14-26-29-24(31)21-10-23(28-27-21)25-11-15-7-16(12-25)9-17(8-15)13-25/h1-6,10,14-17,30H,7-9,11-13H2,(H,27,28)(H,29,31)/b26-14-. The molecule has 0 saturated heterocycles. The van der Waals surface area contributed by atoms with Gasteiger partial charge in [-0.3, -0.25) is 9.89 Å². The summed E-state index contributed by atoms with van der Waals surface area (Å²) in [5.74, 6) is 2.29. The first kappa shape index (κ1) is 18.6. The fraction of sp³-hybridized carbons (Fsp3) is 0.400. The topological polar surface area (TPSA) is 90.4 Å². The van der Waals surface area contributed by atoms with Gasteiger partial charge in [-0.15, -0.1) is 0 Å². The zero-order chi connectivity index (χ0) is 21.0. The van der Waals surface area contributed by atoms with Gasteiger partial charge in [-0.05, 0) is 79.2 Å². The first-order valence-electron chi connectivity index (χ1n) is 11.2. The van der Waals surface area contributed by atoms with E-state index in [1.165, 1.54) is 44.7 Å². The Bertz CT molecular complexity index is 1160. The van der Waals surface area contributed by atoms with Crippen LogP contribution in [-0.4, -0.2) is 27.4 Å². The molecule has 3 aromatic rings. The molecule has 0 unspecified atom stereocenters. The molecule has 2 aromatic carbocycles. The van der Waals surface area contributed by atoms with E-state index in [1.807, 2.05) is 36.4 Å². The van der Waals surface area contributed by atoms with Crippen molar-refractivity contribution in [1.82, 2.24) is 15.6 Å². The quantitative estimate of drug-likeness (QED) is 0.434. The molecule has 1 heterocycles. The number of fused-ring (bicyclic) bond motifs is 1. The van der Waals surface area contributed by atoms with Gasteiger partial charge in [0.2, 0.25) is 0 Å². The first-order valence-corrected chi connectivity index (χ1v) is 11.2. The van der Waals surface area contributed by atoms with Gasteiger partial charge >= 0.3 is 0 Å². The van der Waals surface area contributed by atoms with Crippen molar-refractivity contribution in [1.29, 1.82) is 0 Å². The highest BCUT2D eigenvalue weighted by Gasteiger charge is 2.52. The number of nitrogens with one attached hydrogen (secondary N) is 2. The van der Waals surface area contributed by atoms with Gasteiger partial charge in [0.05, 0.1) is 6.21 Å². The van der Waals surface area contributed by atoms with Crippen LogP contribution in [0.5, 0.6) is 5.75 Å². The lowest BCUT2D eigenvalue weighted by atomic mass is 9.49. The third kappa shape index (κ3) is 3.12.